The van der Waals surface area contributed by atoms with Crippen molar-refractivity contribution in [2.75, 3.05) is 31.1 Å². The smallest absolute Gasteiger partial charge is 0.244 e. The molecular formula is C22H25FN2O2. The van der Waals surface area contributed by atoms with Crippen molar-refractivity contribution >= 4 is 17.7 Å². The second kappa shape index (κ2) is 9.21. The van der Waals surface area contributed by atoms with Gasteiger partial charge in [0.1, 0.15) is 11.6 Å². The summed E-state index contributed by atoms with van der Waals surface area (Å²) in [6.45, 7) is 4.94. The molecule has 5 heteroatoms. The number of para-hydroxylation sites is 1. The molecular weight excluding hydrogens is 343 g/mol. The van der Waals surface area contributed by atoms with Gasteiger partial charge in [0.05, 0.1) is 6.61 Å². The summed E-state index contributed by atoms with van der Waals surface area (Å²) in [6.07, 6.45) is 4.33. The molecule has 2 aromatic carbocycles. The minimum Gasteiger partial charge on any atom is -0.493 e. The van der Waals surface area contributed by atoms with Crippen LogP contribution in [0.15, 0.2) is 54.6 Å². The molecule has 0 aromatic heterocycles. The number of hydrogen-bond donors (Lipinski definition) is 1. The number of carbonyl (C=O) groups excluding carboxylic acids is 1. The summed E-state index contributed by atoms with van der Waals surface area (Å²) >= 11 is 0. The molecule has 1 saturated heterocycles. The van der Waals surface area contributed by atoms with E-state index in [0.717, 1.165) is 36.5 Å². The van der Waals surface area contributed by atoms with Crippen LogP contribution in [0.3, 0.4) is 0 Å². The first-order valence-corrected chi connectivity index (χ1v) is 9.34. The number of amides is 1. The maximum atomic E-state index is 13.0. The Labute approximate surface area is 159 Å². The van der Waals surface area contributed by atoms with Crippen molar-refractivity contribution in [3.8, 4) is 5.75 Å². The Morgan fingerprint density at radius 3 is 2.81 bits per heavy atom. The van der Waals surface area contributed by atoms with E-state index in [4.69, 9.17) is 4.74 Å². The summed E-state index contributed by atoms with van der Waals surface area (Å²) in [5, 5.41) is 2.97. The number of nitrogens with zero attached hydrogens (tertiary/aromatic N) is 1. The number of halogens is 1. The van der Waals surface area contributed by atoms with Gasteiger partial charge in [0, 0.05) is 37.0 Å². The predicted octanol–water partition coefficient (Wildman–Crippen LogP) is 3.88. The number of rotatable bonds is 7. The van der Waals surface area contributed by atoms with E-state index in [-0.39, 0.29) is 11.7 Å². The van der Waals surface area contributed by atoms with Crippen LogP contribution >= 0.6 is 0 Å². The van der Waals surface area contributed by atoms with Crippen LogP contribution in [0.5, 0.6) is 5.75 Å². The van der Waals surface area contributed by atoms with Crippen LogP contribution in [0.1, 0.15) is 18.9 Å². The number of hydrogen-bond acceptors (Lipinski definition) is 3. The highest BCUT2D eigenvalue weighted by atomic mass is 19.1. The summed E-state index contributed by atoms with van der Waals surface area (Å²) in [4.78, 5) is 14.4. The standard InChI is InChI=1S/C22H25FN2O2/c1-2-27-21-6-4-3-5-18(21)7-12-22(26)24-15-17-13-14-25(16-17)20-10-8-19(23)9-11-20/h3-12,17H,2,13-16H2,1H3,(H,24,26)/b12-7+. The van der Waals surface area contributed by atoms with Crippen molar-refractivity contribution in [2.45, 2.75) is 13.3 Å². The number of ether oxygens (including phenoxy) is 1. The van der Waals surface area contributed by atoms with Gasteiger partial charge in [-0.15, -0.1) is 0 Å². The lowest BCUT2D eigenvalue weighted by molar-refractivity contribution is -0.116. The average molecular weight is 368 g/mol. The van der Waals surface area contributed by atoms with Crippen LogP contribution in [-0.2, 0) is 4.79 Å². The fourth-order valence-electron chi connectivity index (χ4n) is 3.26. The van der Waals surface area contributed by atoms with Crippen molar-refractivity contribution in [3.63, 3.8) is 0 Å². The average Bonchev–Trinajstić information content (AvgIpc) is 3.15. The normalized spacial score (nSPS) is 16.7. The van der Waals surface area contributed by atoms with Crippen molar-refractivity contribution < 1.29 is 13.9 Å². The first kappa shape index (κ1) is 19.0. The van der Waals surface area contributed by atoms with E-state index in [0.29, 0.717) is 19.1 Å². The zero-order chi connectivity index (χ0) is 19.1. The molecule has 1 N–H and O–H groups in total. The molecule has 0 spiro atoms. The molecule has 142 valence electrons. The SMILES string of the molecule is CCOc1ccccc1/C=C/C(=O)NCC1CCN(c2ccc(F)cc2)C1. The van der Waals surface area contributed by atoms with Crippen LogP contribution in [0.4, 0.5) is 10.1 Å². The van der Waals surface area contributed by atoms with E-state index >= 15 is 0 Å². The fraction of sp³-hybridized carbons (Fsp3) is 0.318. The minimum atomic E-state index is -0.223. The molecule has 1 atom stereocenters. The summed E-state index contributed by atoms with van der Waals surface area (Å²) in [5.74, 6) is 0.832. The summed E-state index contributed by atoms with van der Waals surface area (Å²) < 4.78 is 18.6. The molecule has 1 unspecified atom stereocenters. The molecule has 0 radical (unpaired) electrons. The Bertz CT molecular complexity index is 789. The van der Waals surface area contributed by atoms with E-state index in [2.05, 4.69) is 10.2 Å². The Kier molecular flexibility index (Phi) is 6.47. The lowest BCUT2D eigenvalue weighted by Gasteiger charge is -2.18. The van der Waals surface area contributed by atoms with Gasteiger partial charge in [-0.25, -0.2) is 4.39 Å². The van der Waals surface area contributed by atoms with E-state index in [1.165, 1.54) is 12.1 Å². The Hall–Kier alpha value is -2.82. The third kappa shape index (κ3) is 5.33. The third-order valence-electron chi connectivity index (χ3n) is 4.68. The van der Waals surface area contributed by atoms with E-state index in [1.54, 1.807) is 24.3 Å². The van der Waals surface area contributed by atoms with Crippen LogP contribution in [0, 0.1) is 11.7 Å². The van der Waals surface area contributed by atoms with Crippen LogP contribution in [0.2, 0.25) is 0 Å². The quantitative estimate of drug-likeness (QED) is 0.754. The number of nitrogens with one attached hydrogen (secondary N) is 1. The first-order chi connectivity index (χ1) is 13.2. The highest BCUT2D eigenvalue weighted by Crippen LogP contribution is 2.23. The first-order valence-electron chi connectivity index (χ1n) is 9.34. The van der Waals surface area contributed by atoms with Gasteiger partial charge in [0.15, 0.2) is 0 Å². The highest BCUT2D eigenvalue weighted by Gasteiger charge is 2.22. The number of anilines is 1. The highest BCUT2D eigenvalue weighted by molar-refractivity contribution is 5.92. The van der Waals surface area contributed by atoms with Crippen molar-refractivity contribution in [1.82, 2.24) is 5.32 Å². The van der Waals surface area contributed by atoms with Gasteiger partial charge in [-0.1, -0.05) is 18.2 Å². The molecule has 0 aliphatic carbocycles. The van der Waals surface area contributed by atoms with E-state index < -0.39 is 0 Å². The molecule has 1 fully saturated rings. The summed E-state index contributed by atoms with van der Waals surface area (Å²) in [7, 11) is 0. The molecule has 4 nitrogen and oxygen atoms in total. The topological polar surface area (TPSA) is 41.6 Å². The summed E-state index contributed by atoms with van der Waals surface area (Å²) in [6, 6.07) is 14.2. The molecule has 1 amide bonds. The maximum Gasteiger partial charge on any atom is 0.244 e. The van der Waals surface area contributed by atoms with Gasteiger partial charge >= 0.3 is 0 Å². The van der Waals surface area contributed by atoms with Crippen LogP contribution in [-0.4, -0.2) is 32.1 Å². The molecule has 0 saturated carbocycles. The van der Waals surface area contributed by atoms with E-state index in [1.807, 2.05) is 31.2 Å². The van der Waals surface area contributed by atoms with Gasteiger partial charge in [-0.05, 0) is 55.7 Å². The second-order valence-corrected chi connectivity index (χ2v) is 6.63. The molecule has 0 bridgehead atoms. The molecule has 27 heavy (non-hydrogen) atoms. The van der Waals surface area contributed by atoms with Crippen molar-refractivity contribution in [2.24, 2.45) is 5.92 Å². The lowest BCUT2D eigenvalue weighted by atomic mass is 10.1. The van der Waals surface area contributed by atoms with Gasteiger partial charge < -0.3 is 15.0 Å². The third-order valence-corrected chi connectivity index (χ3v) is 4.68. The number of carbonyl (C=O) groups is 1. The summed E-state index contributed by atoms with van der Waals surface area (Å²) in [5.41, 5.74) is 1.91. The molecule has 1 aliphatic rings. The van der Waals surface area contributed by atoms with Crippen LogP contribution < -0.4 is 15.0 Å². The molecule has 1 heterocycles. The lowest BCUT2D eigenvalue weighted by Crippen LogP contribution is -2.29. The largest absolute Gasteiger partial charge is 0.493 e. The van der Waals surface area contributed by atoms with Gasteiger partial charge in [-0.2, -0.15) is 0 Å². The second-order valence-electron chi connectivity index (χ2n) is 6.63. The van der Waals surface area contributed by atoms with E-state index in [9.17, 15) is 9.18 Å². The molecule has 3 rings (SSSR count). The molecule has 2 aromatic rings. The zero-order valence-electron chi connectivity index (χ0n) is 15.5. The number of benzene rings is 2. The maximum absolute atomic E-state index is 13.0. The minimum absolute atomic E-state index is 0.110. The van der Waals surface area contributed by atoms with Gasteiger partial charge in [0.25, 0.3) is 0 Å². The Morgan fingerprint density at radius 2 is 2.04 bits per heavy atom. The van der Waals surface area contributed by atoms with Crippen molar-refractivity contribution in [3.05, 3.63) is 66.0 Å². The van der Waals surface area contributed by atoms with Crippen molar-refractivity contribution in [1.29, 1.82) is 0 Å². The van der Waals surface area contributed by atoms with Crippen LogP contribution in [0.25, 0.3) is 6.08 Å². The Morgan fingerprint density at radius 1 is 1.26 bits per heavy atom. The Balaban J connectivity index is 1.48. The fourth-order valence-corrected chi connectivity index (χ4v) is 3.26. The zero-order valence-corrected chi connectivity index (χ0v) is 15.5. The monoisotopic (exact) mass is 368 g/mol. The van der Waals surface area contributed by atoms with Gasteiger partial charge in [-0.3, -0.25) is 4.79 Å². The van der Waals surface area contributed by atoms with Gasteiger partial charge in [0.2, 0.25) is 5.91 Å². The molecule has 1 aliphatic heterocycles. The predicted molar refractivity (Wildman–Crippen MR) is 106 cm³/mol.